The van der Waals surface area contributed by atoms with Gasteiger partial charge < -0.3 is 11.1 Å². The molecule has 1 heterocycles. The first-order chi connectivity index (χ1) is 9.13. The molecule has 2 aromatic carbocycles. The van der Waals surface area contributed by atoms with Gasteiger partial charge in [0.15, 0.2) is 0 Å². The van der Waals surface area contributed by atoms with Gasteiger partial charge in [-0.05, 0) is 31.2 Å². The molecule has 0 fully saturated rings. The molecule has 96 valence electrons. The average Bonchev–Trinajstić information content (AvgIpc) is 2.65. The van der Waals surface area contributed by atoms with Crippen LogP contribution in [0.4, 0.5) is 5.69 Å². The van der Waals surface area contributed by atoms with Crippen LogP contribution in [0, 0.1) is 6.92 Å². The Kier molecular flexibility index (Phi) is 3.05. The maximum absolute atomic E-state index is 11.5. The summed E-state index contributed by atoms with van der Waals surface area (Å²) in [4.78, 5) is 13.8. The van der Waals surface area contributed by atoms with Crippen LogP contribution in [-0.4, -0.2) is 5.91 Å². The highest BCUT2D eigenvalue weighted by atomic mass is 32.2. The Morgan fingerprint density at radius 3 is 2.74 bits per heavy atom. The molecule has 2 aromatic rings. The third-order valence-corrected chi connectivity index (χ3v) is 4.10. The van der Waals surface area contributed by atoms with E-state index in [0.29, 0.717) is 0 Å². The molecule has 1 atom stereocenters. The summed E-state index contributed by atoms with van der Waals surface area (Å²) in [7, 11) is 0. The van der Waals surface area contributed by atoms with Gasteiger partial charge in [0.05, 0.1) is 0 Å². The number of anilines is 1. The van der Waals surface area contributed by atoms with Crippen molar-refractivity contribution in [1.82, 2.24) is 0 Å². The van der Waals surface area contributed by atoms with Crippen LogP contribution in [-0.2, 0) is 4.79 Å². The second kappa shape index (κ2) is 4.72. The van der Waals surface area contributed by atoms with Crippen LogP contribution in [0.5, 0.6) is 0 Å². The van der Waals surface area contributed by atoms with Gasteiger partial charge in [0.25, 0.3) is 0 Å². The number of carbonyl (C=O) groups excluding carboxylic acids is 1. The number of hydrogen-bond donors (Lipinski definition) is 2. The van der Waals surface area contributed by atoms with Crippen molar-refractivity contribution < 1.29 is 4.79 Å². The Labute approximate surface area is 116 Å². The van der Waals surface area contributed by atoms with Crippen LogP contribution >= 0.6 is 11.8 Å². The highest BCUT2D eigenvalue weighted by Crippen LogP contribution is 2.35. The first-order valence-corrected chi connectivity index (χ1v) is 6.90. The van der Waals surface area contributed by atoms with Crippen LogP contribution in [0.3, 0.4) is 0 Å². The molecular formula is C15H14N2OS. The molecule has 3 N–H and O–H groups in total. The number of fused-ring (bicyclic) bond motifs is 1. The van der Waals surface area contributed by atoms with E-state index in [1.807, 2.05) is 24.3 Å². The molecule has 19 heavy (non-hydrogen) atoms. The van der Waals surface area contributed by atoms with Crippen molar-refractivity contribution in [3.8, 4) is 0 Å². The predicted octanol–water partition coefficient (Wildman–Crippen LogP) is 3.10. The number of nitrogens with two attached hydrogens (primary N) is 1. The van der Waals surface area contributed by atoms with Crippen molar-refractivity contribution in [2.24, 2.45) is 5.73 Å². The third kappa shape index (κ3) is 2.37. The summed E-state index contributed by atoms with van der Waals surface area (Å²) in [6, 6.07) is 13.7. The number of rotatable bonds is 2. The fraction of sp³-hybridized carbons (Fsp3) is 0.133. The first kappa shape index (κ1) is 12.3. The molecule has 1 aliphatic heterocycles. The van der Waals surface area contributed by atoms with E-state index in [1.165, 1.54) is 10.5 Å². The third-order valence-electron chi connectivity index (χ3n) is 3.13. The lowest BCUT2D eigenvalue weighted by molar-refractivity contribution is -0.116. The van der Waals surface area contributed by atoms with Gasteiger partial charge in [0, 0.05) is 21.0 Å². The van der Waals surface area contributed by atoms with Crippen LogP contribution in [0.25, 0.3) is 0 Å². The van der Waals surface area contributed by atoms with Crippen molar-refractivity contribution in [2.75, 3.05) is 5.32 Å². The quantitative estimate of drug-likeness (QED) is 0.881. The summed E-state index contributed by atoms with van der Waals surface area (Å²) >= 11 is 1.68. The molecule has 0 aliphatic carbocycles. The number of aryl methyl sites for hydroxylation is 1. The minimum absolute atomic E-state index is 0.132. The van der Waals surface area contributed by atoms with E-state index in [4.69, 9.17) is 5.73 Å². The van der Waals surface area contributed by atoms with Crippen LogP contribution in [0.15, 0.2) is 52.3 Å². The zero-order valence-corrected chi connectivity index (χ0v) is 11.3. The summed E-state index contributed by atoms with van der Waals surface area (Å²) in [5, 5.41) is 2.81. The number of carbonyl (C=O) groups is 1. The van der Waals surface area contributed by atoms with Crippen molar-refractivity contribution in [3.63, 3.8) is 0 Å². The minimum atomic E-state index is -0.534. The van der Waals surface area contributed by atoms with Gasteiger partial charge >= 0.3 is 0 Å². The molecule has 1 unspecified atom stereocenters. The molecular weight excluding hydrogens is 256 g/mol. The van der Waals surface area contributed by atoms with Crippen LogP contribution in [0.2, 0.25) is 0 Å². The SMILES string of the molecule is Cc1cccc(Sc2ccc3c(c2)NC(=O)C3N)c1. The van der Waals surface area contributed by atoms with Crippen molar-refractivity contribution in [3.05, 3.63) is 53.6 Å². The van der Waals surface area contributed by atoms with E-state index < -0.39 is 6.04 Å². The van der Waals surface area contributed by atoms with Gasteiger partial charge in [0.2, 0.25) is 5.91 Å². The maximum atomic E-state index is 11.5. The second-order valence-corrected chi connectivity index (χ2v) is 5.78. The van der Waals surface area contributed by atoms with Gasteiger partial charge in [-0.25, -0.2) is 0 Å². The van der Waals surface area contributed by atoms with E-state index in [9.17, 15) is 4.79 Å². The van der Waals surface area contributed by atoms with E-state index in [2.05, 4.69) is 30.4 Å². The molecule has 4 heteroatoms. The predicted molar refractivity (Wildman–Crippen MR) is 77.3 cm³/mol. The van der Waals surface area contributed by atoms with Gasteiger partial charge in [-0.2, -0.15) is 0 Å². The van der Waals surface area contributed by atoms with Gasteiger partial charge in [0.1, 0.15) is 6.04 Å². The Morgan fingerprint density at radius 2 is 1.95 bits per heavy atom. The monoisotopic (exact) mass is 270 g/mol. The Balaban J connectivity index is 1.88. The van der Waals surface area contributed by atoms with E-state index in [-0.39, 0.29) is 5.91 Å². The summed E-state index contributed by atoms with van der Waals surface area (Å²) in [5.41, 5.74) is 8.73. The zero-order chi connectivity index (χ0) is 13.4. The fourth-order valence-electron chi connectivity index (χ4n) is 2.14. The zero-order valence-electron chi connectivity index (χ0n) is 10.5. The van der Waals surface area contributed by atoms with Gasteiger partial charge in [-0.15, -0.1) is 0 Å². The highest BCUT2D eigenvalue weighted by Gasteiger charge is 2.26. The van der Waals surface area contributed by atoms with E-state index in [1.54, 1.807) is 11.8 Å². The molecule has 0 spiro atoms. The van der Waals surface area contributed by atoms with Gasteiger partial charge in [-0.1, -0.05) is 35.5 Å². The standard InChI is InChI=1S/C15H14N2OS/c1-9-3-2-4-10(7-9)19-11-5-6-12-13(8-11)17-15(18)14(12)16/h2-8,14H,16H2,1H3,(H,17,18). The van der Waals surface area contributed by atoms with E-state index in [0.717, 1.165) is 16.1 Å². The Bertz CT molecular complexity index is 654. The second-order valence-electron chi connectivity index (χ2n) is 4.63. The summed E-state index contributed by atoms with van der Waals surface area (Å²) in [5.74, 6) is -0.132. The van der Waals surface area contributed by atoms with E-state index >= 15 is 0 Å². The summed E-state index contributed by atoms with van der Waals surface area (Å²) in [6.45, 7) is 2.08. The molecule has 0 radical (unpaired) electrons. The topological polar surface area (TPSA) is 55.1 Å². The van der Waals surface area contributed by atoms with Crippen molar-refractivity contribution in [2.45, 2.75) is 22.8 Å². The van der Waals surface area contributed by atoms with Crippen LogP contribution in [0.1, 0.15) is 17.2 Å². The number of nitrogens with one attached hydrogen (secondary N) is 1. The maximum Gasteiger partial charge on any atom is 0.245 e. The molecule has 3 rings (SSSR count). The number of hydrogen-bond acceptors (Lipinski definition) is 3. The van der Waals surface area contributed by atoms with Crippen molar-refractivity contribution in [1.29, 1.82) is 0 Å². The van der Waals surface area contributed by atoms with Crippen molar-refractivity contribution >= 4 is 23.4 Å². The Morgan fingerprint density at radius 1 is 1.16 bits per heavy atom. The number of amides is 1. The average molecular weight is 270 g/mol. The largest absolute Gasteiger partial charge is 0.324 e. The van der Waals surface area contributed by atoms with Crippen LogP contribution < -0.4 is 11.1 Å². The van der Waals surface area contributed by atoms with Gasteiger partial charge in [-0.3, -0.25) is 4.79 Å². The highest BCUT2D eigenvalue weighted by molar-refractivity contribution is 7.99. The smallest absolute Gasteiger partial charge is 0.245 e. The number of benzene rings is 2. The Hall–Kier alpha value is -1.78. The molecule has 1 aliphatic rings. The molecule has 0 saturated carbocycles. The normalized spacial score (nSPS) is 17.2. The lowest BCUT2D eigenvalue weighted by Crippen LogP contribution is -2.19. The molecule has 3 nitrogen and oxygen atoms in total. The summed E-state index contributed by atoms with van der Waals surface area (Å²) < 4.78 is 0. The molecule has 1 amide bonds. The lowest BCUT2D eigenvalue weighted by atomic mass is 10.1. The minimum Gasteiger partial charge on any atom is -0.324 e. The summed E-state index contributed by atoms with van der Waals surface area (Å²) in [6.07, 6.45) is 0. The lowest BCUT2D eigenvalue weighted by Gasteiger charge is -2.06. The molecule has 0 bridgehead atoms. The molecule has 0 aromatic heterocycles. The molecule has 0 saturated heterocycles. The first-order valence-electron chi connectivity index (χ1n) is 6.08. The fourth-order valence-corrected chi connectivity index (χ4v) is 3.12.